The van der Waals surface area contributed by atoms with Crippen molar-refractivity contribution in [1.82, 2.24) is 24.7 Å². The SMILES string of the molecule is CC.CC(CO)n1nc(-c2ccc3oc(N)nc3c2)c2c(N)ncnc21. The molecule has 0 saturated heterocycles. The van der Waals surface area contributed by atoms with Crippen LogP contribution in [0.1, 0.15) is 26.8 Å². The highest BCUT2D eigenvalue weighted by Gasteiger charge is 2.20. The molecule has 4 rings (SSSR count). The third kappa shape index (κ3) is 2.82. The maximum Gasteiger partial charge on any atom is 0.292 e. The van der Waals surface area contributed by atoms with Crippen molar-refractivity contribution in [2.75, 3.05) is 18.1 Å². The molecule has 1 unspecified atom stereocenters. The molecule has 0 aliphatic heterocycles. The minimum atomic E-state index is -0.248. The van der Waals surface area contributed by atoms with Gasteiger partial charge in [0.25, 0.3) is 6.01 Å². The summed E-state index contributed by atoms with van der Waals surface area (Å²) in [5, 5.41) is 14.7. The number of nitrogens with two attached hydrogens (primary N) is 2. The minimum absolute atomic E-state index is 0.0705. The van der Waals surface area contributed by atoms with Gasteiger partial charge < -0.3 is 21.0 Å². The Balaban J connectivity index is 0.000000948. The molecular weight excluding hydrogens is 334 g/mol. The van der Waals surface area contributed by atoms with E-state index >= 15 is 0 Å². The third-order valence-electron chi connectivity index (χ3n) is 3.88. The molecule has 1 aromatic carbocycles. The van der Waals surface area contributed by atoms with E-state index in [1.165, 1.54) is 6.33 Å². The first-order valence-electron chi connectivity index (χ1n) is 8.34. The summed E-state index contributed by atoms with van der Waals surface area (Å²) >= 11 is 0. The molecule has 0 bridgehead atoms. The van der Waals surface area contributed by atoms with E-state index in [4.69, 9.17) is 15.9 Å². The van der Waals surface area contributed by atoms with Gasteiger partial charge in [0.2, 0.25) is 0 Å². The van der Waals surface area contributed by atoms with E-state index < -0.39 is 0 Å². The van der Waals surface area contributed by atoms with Gasteiger partial charge in [-0.15, -0.1) is 0 Å². The topological polar surface area (TPSA) is 142 Å². The number of aromatic nitrogens is 5. The van der Waals surface area contributed by atoms with Gasteiger partial charge in [-0.05, 0) is 25.1 Å². The van der Waals surface area contributed by atoms with Crippen LogP contribution in [0.25, 0.3) is 33.4 Å². The van der Waals surface area contributed by atoms with Crippen molar-refractivity contribution in [2.24, 2.45) is 0 Å². The average Bonchev–Trinajstić information content (AvgIpc) is 3.22. The molecule has 9 nitrogen and oxygen atoms in total. The zero-order valence-electron chi connectivity index (χ0n) is 14.8. The highest BCUT2D eigenvalue weighted by molar-refractivity contribution is 5.99. The number of hydrogen-bond donors (Lipinski definition) is 3. The molecule has 0 spiro atoms. The van der Waals surface area contributed by atoms with Crippen LogP contribution in [0, 0.1) is 0 Å². The molecule has 0 saturated carbocycles. The third-order valence-corrected chi connectivity index (χ3v) is 3.88. The van der Waals surface area contributed by atoms with E-state index in [-0.39, 0.29) is 18.7 Å². The standard InChI is InChI=1S/C15H15N7O2.C2H6/c1-7(5-23)22-14-11(13(16)18-6-19-14)12(21-22)8-2-3-10-9(4-8)20-15(17)24-10;1-2/h2-4,6-7,23H,5H2,1H3,(H2,17,20)(H2,16,18,19);1-2H3. The number of nitrogen functional groups attached to an aromatic ring is 2. The summed E-state index contributed by atoms with van der Waals surface area (Å²) in [6.07, 6.45) is 1.38. The zero-order valence-corrected chi connectivity index (χ0v) is 14.8. The summed E-state index contributed by atoms with van der Waals surface area (Å²) in [7, 11) is 0. The number of nitrogens with zero attached hydrogens (tertiary/aromatic N) is 5. The van der Waals surface area contributed by atoms with Gasteiger partial charge in [-0.3, -0.25) is 0 Å². The van der Waals surface area contributed by atoms with Crippen LogP contribution in [-0.4, -0.2) is 36.4 Å². The highest BCUT2D eigenvalue weighted by Crippen LogP contribution is 2.33. The van der Waals surface area contributed by atoms with Gasteiger partial charge in [0.05, 0.1) is 18.0 Å². The number of benzene rings is 1. The van der Waals surface area contributed by atoms with Crippen molar-refractivity contribution in [3.8, 4) is 11.3 Å². The van der Waals surface area contributed by atoms with Gasteiger partial charge in [0.1, 0.15) is 23.4 Å². The quantitative estimate of drug-likeness (QED) is 0.508. The second-order valence-electron chi connectivity index (χ2n) is 5.52. The predicted octanol–water partition coefficient (Wildman–Crippen LogP) is 2.38. The van der Waals surface area contributed by atoms with E-state index in [2.05, 4.69) is 20.1 Å². The summed E-state index contributed by atoms with van der Waals surface area (Å²) in [5.41, 5.74) is 14.8. The number of rotatable bonds is 3. The summed E-state index contributed by atoms with van der Waals surface area (Å²) in [5.74, 6) is 0.325. The molecule has 0 radical (unpaired) electrons. The molecule has 3 aromatic heterocycles. The molecule has 1 atom stereocenters. The van der Waals surface area contributed by atoms with Gasteiger partial charge in [-0.1, -0.05) is 13.8 Å². The second-order valence-corrected chi connectivity index (χ2v) is 5.52. The lowest BCUT2D eigenvalue weighted by atomic mass is 10.1. The predicted molar refractivity (Wildman–Crippen MR) is 100 cm³/mol. The van der Waals surface area contributed by atoms with Crippen molar-refractivity contribution in [1.29, 1.82) is 0 Å². The molecule has 136 valence electrons. The monoisotopic (exact) mass is 355 g/mol. The number of aliphatic hydroxyl groups excluding tert-OH is 1. The van der Waals surface area contributed by atoms with E-state index in [1.807, 2.05) is 32.9 Å². The van der Waals surface area contributed by atoms with E-state index in [9.17, 15) is 5.11 Å². The molecule has 0 amide bonds. The van der Waals surface area contributed by atoms with Gasteiger partial charge >= 0.3 is 0 Å². The van der Waals surface area contributed by atoms with Crippen molar-refractivity contribution in [2.45, 2.75) is 26.8 Å². The summed E-state index contributed by atoms with van der Waals surface area (Å²) in [6.45, 7) is 5.77. The Labute approximate surface area is 149 Å². The smallest absolute Gasteiger partial charge is 0.292 e. The van der Waals surface area contributed by atoms with Crippen molar-refractivity contribution < 1.29 is 9.52 Å². The first-order valence-corrected chi connectivity index (χ1v) is 8.34. The van der Waals surface area contributed by atoms with Crippen LogP contribution in [0.3, 0.4) is 0 Å². The zero-order chi connectivity index (χ0) is 18.8. The Morgan fingerprint density at radius 3 is 2.73 bits per heavy atom. The molecule has 0 aliphatic rings. The van der Waals surface area contributed by atoms with Gasteiger partial charge in [-0.25, -0.2) is 14.6 Å². The lowest BCUT2D eigenvalue weighted by molar-refractivity contribution is 0.232. The molecule has 0 aliphatic carbocycles. The van der Waals surface area contributed by atoms with Crippen LogP contribution < -0.4 is 11.5 Å². The van der Waals surface area contributed by atoms with Crippen LogP contribution in [-0.2, 0) is 0 Å². The summed E-state index contributed by atoms with van der Waals surface area (Å²) in [4.78, 5) is 12.5. The largest absolute Gasteiger partial charge is 0.424 e. The maximum absolute atomic E-state index is 9.47. The first kappa shape index (κ1) is 17.6. The number of anilines is 2. The lowest BCUT2D eigenvalue weighted by Crippen LogP contribution is -2.11. The van der Waals surface area contributed by atoms with Crippen LogP contribution in [0.15, 0.2) is 28.9 Å². The number of hydrogen-bond acceptors (Lipinski definition) is 8. The van der Waals surface area contributed by atoms with Crippen LogP contribution in [0.2, 0.25) is 0 Å². The molecule has 3 heterocycles. The fourth-order valence-electron chi connectivity index (χ4n) is 2.67. The maximum atomic E-state index is 9.47. The summed E-state index contributed by atoms with van der Waals surface area (Å²) < 4.78 is 6.93. The highest BCUT2D eigenvalue weighted by atomic mass is 16.4. The van der Waals surface area contributed by atoms with Crippen molar-refractivity contribution in [3.05, 3.63) is 24.5 Å². The molecular formula is C17H21N7O2. The number of aliphatic hydroxyl groups is 1. The normalized spacial score (nSPS) is 12.2. The Bertz CT molecular complexity index is 1050. The van der Waals surface area contributed by atoms with Gasteiger partial charge in [0, 0.05) is 5.56 Å². The van der Waals surface area contributed by atoms with Gasteiger partial charge in [0.15, 0.2) is 11.2 Å². The Morgan fingerprint density at radius 1 is 1.23 bits per heavy atom. The minimum Gasteiger partial charge on any atom is -0.424 e. The average molecular weight is 355 g/mol. The molecule has 9 heteroatoms. The van der Waals surface area contributed by atoms with E-state index in [0.29, 0.717) is 33.6 Å². The van der Waals surface area contributed by atoms with E-state index in [1.54, 1.807) is 10.7 Å². The van der Waals surface area contributed by atoms with Gasteiger partial charge in [-0.2, -0.15) is 10.1 Å². The molecule has 4 aromatic rings. The van der Waals surface area contributed by atoms with Crippen molar-refractivity contribution in [3.63, 3.8) is 0 Å². The van der Waals surface area contributed by atoms with Crippen molar-refractivity contribution >= 4 is 34.0 Å². The van der Waals surface area contributed by atoms with Crippen LogP contribution >= 0.6 is 0 Å². The molecule has 0 fully saturated rings. The molecule has 26 heavy (non-hydrogen) atoms. The number of oxazole rings is 1. The molecule has 5 N–H and O–H groups in total. The summed E-state index contributed by atoms with van der Waals surface area (Å²) in [6, 6.07) is 5.29. The Hall–Kier alpha value is -3.20. The second kappa shape index (κ2) is 6.96. The number of fused-ring (bicyclic) bond motifs is 2. The van der Waals surface area contributed by atoms with Crippen LogP contribution in [0.4, 0.5) is 11.8 Å². The Morgan fingerprint density at radius 2 is 2.00 bits per heavy atom. The Kier molecular flexibility index (Phi) is 4.72. The van der Waals surface area contributed by atoms with Crippen LogP contribution in [0.5, 0.6) is 0 Å². The fraction of sp³-hybridized carbons (Fsp3) is 0.294. The van der Waals surface area contributed by atoms with E-state index in [0.717, 1.165) is 5.56 Å². The lowest BCUT2D eigenvalue weighted by Gasteiger charge is -2.08. The fourth-order valence-corrected chi connectivity index (χ4v) is 2.67. The first-order chi connectivity index (χ1) is 12.6.